The first-order valence-corrected chi connectivity index (χ1v) is 4.94. The highest BCUT2D eigenvalue weighted by Gasteiger charge is 2.07. The number of nitrogen functional groups attached to an aromatic ring is 2. The Morgan fingerprint density at radius 1 is 1.13 bits per heavy atom. The Morgan fingerprint density at radius 2 is 1.93 bits per heavy atom. The molecule has 0 aliphatic heterocycles. The lowest BCUT2D eigenvalue weighted by molar-refractivity contribution is 0.517. The topological polar surface area (TPSA) is 65.2 Å². The van der Waals surface area contributed by atoms with Crippen molar-refractivity contribution in [2.24, 2.45) is 0 Å². The van der Waals surface area contributed by atoms with Crippen molar-refractivity contribution in [3.63, 3.8) is 0 Å². The molecule has 0 aliphatic rings. The number of benzene rings is 1. The van der Waals surface area contributed by atoms with Crippen molar-refractivity contribution in [2.75, 3.05) is 11.5 Å². The van der Waals surface area contributed by atoms with Crippen LogP contribution in [0.15, 0.2) is 34.9 Å². The Hall–Kier alpha value is -1.90. The van der Waals surface area contributed by atoms with E-state index >= 15 is 0 Å². The van der Waals surface area contributed by atoms with Crippen LogP contribution in [-0.2, 0) is 6.42 Å². The second-order valence-corrected chi connectivity index (χ2v) is 3.45. The van der Waals surface area contributed by atoms with Gasteiger partial charge >= 0.3 is 0 Å². The van der Waals surface area contributed by atoms with Crippen molar-refractivity contribution in [1.82, 2.24) is 0 Å². The molecular weight excluding hydrogens is 188 g/mol. The van der Waals surface area contributed by atoms with Crippen molar-refractivity contribution < 1.29 is 4.42 Å². The minimum atomic E-state index is 0.607. The molecule has 3 heteroatoms. The van der Waals surface area contributed by atoms with E-state index in [4.69, 9.17) is 15.9 Å². The van der Waals surface area contributed by atoms with Gasteiger partial charge < -0.3 is 15.9 Å². The summed E-state index contributed by atoms with van der Waals surface area (Å²) in [5.41, 5.74) is 14.8. The minimum Gasteiger partial charge on any atom is -0.469 e. The molecule has 15 heavy (non-hydrogen) atoms. The lowest BCUT2D eigenvalue weighted by Gasteiger charge is -2.04. The van der Waals surface area contributed by atoms with Crippen LogP contribution < -0.4 is 11.5 Å². The van der Waals surface area contributed by atoms with E-state index in [9.17, 15) is 0 Å². The fourth-order valence-electron chi connectivity index (χ4n) is 1.61. The third-order valence-corrected chi connectivity index (χ3v) is 2.46. The molecule has 1 heterocycles. The summed E-state index contributed by atoms with van der Waals surface area (Å²) < 4.78 is 5.37. The molecule has 0 aliphatic carbocycles. The zero-order valence-electron chi connectivity index (χ0n) is 8.66. The van der Waals surface area contributed by atoms with Crippen molar-refractivity contribution in [1.29, 1.82) is 0 Å². The zero-order valence-corrected chi connectivity index (χ0v) is 8.66. The van der Waals surface area contributed by atoms with Crippen LogP contribution in [0.5, 0.6) is 0 Å². The summed E-state index contributed by atoms with van der Waals surface area (Å²) in [5.74, 6) is 0.971. The smallest absolute Gasteiger partial charge is 0.111 e. The van der Waals surface area contributed by atoms with Gasteiger partial charge in [-0.1, -0.05) is 13.0 Å². The molecule has 78 valence electrons. The van der Waals surface area contributed by atoms with Gasteiger partial charge in [-0.05, 0) is 23.8 Å². The first-order valence-electron chi connectivity index (χ1n) is 4.94. The van der Waals surface area contributed by atoms with E-state index in [0.717, 1.165) is 23.3 Å². The number of anilines is 2. The molecule has 1 aromatic heterocycles. The van der Waals surface area contributed by atoms with E-state index in [-0.39, 0.29) is 0 Å². The van der Waals surface area contributed by atoms with E-state index in [1.165, 1.54) is 0 Å². The predicted octanol–water partition coefficient (Wildman–Crippen LogP) is 2.67. The van der Waals surface area contributed by atoms with Gasteiger partial charge in [0.2, 0.25) is 0 Å². The highest BCUT2D eigenvalue weighted by atomic mass is 16.3. The van der Waals surface area contributed by atoms with Crippen LogP contribution in [0.2, 0.25) is 0 Å². The van der Waals surface area contributed by atoms with Gasteiger partial charge in [-0.2, -0.15) is 0 Å². The number of hydrogen-bond donors (Lipinski definition) is 2. The van der Waals surface area contributed by atoms with Crippen molar-refractivity contribution in [2.45, 2.75) is 13.3 Å². The molecule has 4 N–H and O–H groups in total. The van der Waals surface area contributed by atoms with Crippen molar-refractivity contribution in [3.8, 4) is 11.1 Å². The summed E-state index contributed by atoms with van der Waals surface area (Å²) in [6.45, 7) is 2.06. The van der Waals surface area contributed by atoms with Crippen molar-refractivity contribution >= 4 is 11.4 Å². The Morgan fingerprint density at radius 3 is 2.60 bits per heavy atom. The van der Waals surface area contributed by atoms with Crippen LogP contribution in [0.4, 0.5) is 11.4 Å². The SMILES string of the molecule is CCc1occc1-c1ccc(N)c(N)c1. The molecule has 0 spiro atoms. The molecular formula is C12H14N2O. The number of hydrogen-bond acceptors (Lipinski definition) is 3. The summed E-state index contributed by atoms with van der Waals surface area (Å²) >= 11 is 0. The third kappa shape index (κ3) is 1.68. The van der Waals surface area contributed by atoms with Crippen LogP contribution in [0.25, 0.3) is 11.1 Å². The molecule has 0 amide bonds. The fraction of sp³-hybridized carbons (Fsp3) is 0.167. The first-order chi connectivity index (χ1) is 7.22. The highest BCUT2D eigenvalue weighted by molar-refractivity contribution is 5.75. The van der Waals surface area contributed by atoms with E-state index < -0.39 is 0 Å². The molecule has 1 aromatic carbocycles. The highest BCUT2D eigenvalue weighted by Crippen LogP contribution is 2.28. The van der Waals surface area contributed by atoms with Gasteiger partial charge in [0, 0.05) is 12.0 Å². The van der Waals surface area contributed by atoms with E-state index in [2.05, 4.69) is 6.92 Å². The summed E-state index contributed by atoms with van der Waals surface area (Å²) in [6.07, 6.45) is 2.56. The zero-order chi connectivity index (χ0) is 10.8. The lowest BCUT2D eigenvalue weighted by atomic mass is 10.0. The second kappa shape index (κ2) is 3.69. The maximum Gasteiger partial charge on any atom is 0.111 e. The average molecular weight is 202 g/mol. The molecule has 0 radical (unpaired) electrons. The molecule has 0 saturated carbocycles. The molecule has 0 atom stereocenters. The maximum absolute atomic E-state index is 5.76. The van der Waals surface area contributed by atoms with E-state index in [1.54, 1.807) is 6.26 Å². The molecule has 2 aromatic rings. The van der Waals surface area contributed by atoms with Gasteiger partial charge in [-0.25, -0.2) is 0 Å². The number of aryl methyl sites for hydroxylation is 1. The van der Waals surface area contributed by atoms with Gasteiger partial charge in [-0.3, -0.25) is 0 Å². The minimum absolute atomic E-state index is 0.607. The van der Waals surface area contributed by atoms with Crippen LogP contribution in [-0.4, -0.2) is 0 Å². The Labute approximate surface area is 88.7 Å². The molecule has 0 saturated heterocycles. The second-order valence-electron chi connectivity index (χ2n) is 3.45. The van der Waals surface area contributed by atoms with Gasteiger partial charge in [-0.15, -0.1) is 0 Å². The van der Waals surface area contributed by atoms with Crippen LogP contribution in [0.3, 0.4) is 0 Å². The predicted molar refractivity (Wildman–Crippen MR) is 62.3 cm³/mol. The van der Waals surface area contributed by atoms with E-state index in [0.29, 0.717) is 11.4 Å². The van der Waals surface area contributed by atoms with Gasteiger partial charge in [0.1, 0.15) is 5.76 Å². The molecule has 0 bridgehead atoms. The van der Waals surface area contributed by atoms with E-state index in [1.807, 2.05) is 24.3 Å². The average Bonchev–Trinajstić information content (AvgIpc) is 2.70. The number of nitrogens with two attached hydrogens (primary N) is 2. The summed E-state index contributed by atoms with van der Waals surface area (Å²) in [7, 11) is 0. The largest absolute Gasteiger partial charge is 0.469 e. The fourth-order valence-corrected chi connectivity index (χ4v) is 1.61. The molecule has 0 unspecified atom stereocenters. The van der Waals surface area contributed by atoms with Gasteiger partial charge in [0.15, 0.2) is 0 Å². The quantitative estimate of drug-likeness (QED) is 0.736. The Kier molecular flexibility index (Phi) is 2.37. The van der Waals surface area contributed by atoms with Crippen LogP contribution in [0, 0.1) is 0 Å². The summed E-state index contributed by atoms with van der Waals surface area (Å²) in [4.78, 5) is 0. The summed E-state index contributed by atoms with van der Waals surface area (Å²) in [5, 5.41) is 0. The van der Waals surface area contributed by atoms with Crippen molar-refractivity contribution in [3.05, 3.63) is 36.3 Å². The van der Waals surface area contributed by atoms with Crippen LogP contribution >= 0.6 is 0 Å². The first kappa shape index (κ1) is 9.65. The number of furan rings is 1. The molecule has 2 rings (SSSR count). The lowest BCUT2D eigenvalue weighted by Crippen LogP contribution is -1.94. The third-order valence-electron chi connectivity index (χ3n) is 2.46. The maximum atomic E-state index is 5.76. The normalized spacial score (nSPS) is 10.5. The van der Waals surface area contributed by atoms with Gasteiger partial charge in [0.05, 0.1) is 17.6 Å². The number of rotatable bonds is 2. The van der Waals surface area contributed by atoms with Crippen LogP contribution in [0.1, 0.15) is 12.7 Å². The monoisotopic (exact) mass is 202 g/mol. The Balaban J connectivity index is 2.50. The Bertz CT molecular complexity index is 474. The molecule has 0 fully saturated rings. The standard InChI is InChI=1S/C12H14N2O/c1-2-12-9(5-6-15-12)8-3-4-10(13)11(14)7-8/h3-7H,2,13-14H2,1H3. The summed E-state index contributed by atoms with van der Waals surface area (Å²) in [6, 6.07) is 7.59. The van der Waals surface area contributed by atoms with Gasteiger partial charge in [0.25, 0.3) is 0 Å². The molecule has 3 nitrogen and oxygen atoms in total.